The third-order valence-corrected chi connectivity index (χ3v) is 8.95. The van der Waals surface area contributed by atoms with E-state index in [2.05, 4.69) is 6.07 Å². The van der Waals surface area contributed by atoms with Gasteiger partial charge in [-0.1, -0.05) is 23.7 Å². The molecule has 1 fully saturated rings. The molecular formula is C16H15ClN2O2S3. The van der Waals surface area contributed by atoms with E-state index in [0.717, 1.165) is 39.4 Å². The molecule has 2 aromatic heterocycles. The van der Waals surface area contributed by atoms with E-state index in [1.165, 1.54) is 0 Å². The van der Waals surface area contributed by atoms with Crippen LogP contribution < -0.4 is 0 Å². The van der Waals surface area contributed by atoms with Gasteiger partial charge in [-0.05, 0) is 37.1 Å². The highest BCUT2D eigenvalue weighted by atomic mass is 35.5. The van der Waals surface area contributed by atoms with Crippen LogP contribution in [-0.4, -0.2) is 30.8 Å². The highest BCUT2D eigenvalue weighted by Crippen LogP contribution is 2.36. The smallest absolute Gasteiger partial charge is 0.241 e. The van der Waals surface area contributed by atoms with Gasteiger partial charge < -0.3 is 0 Å². The number of rotatable bonds is 3. The lowest BCUT2D eigenvalue weighted by Gasteiger charge is -2.30. The molecule has 3 aromatic rings. The van der Waals surface area contributed by atoms with Crippen LogP contribution in [0.15, 0.2) is 40.6 Å². The fourth-order valence-electron chi connectivity index (χ4n) is 2.99. The number of thiazole rings is 1. The van der Waals surface area contributed by atoms with Gasteiger partial charge in [-0.2, -0.15) is 4.31 Å². The van der Waals surface area contributed by atoms with Gasteiger partial charge in [0.1, 0.15) is 4.21 Å². The number of hydrogen-bond donors (Lipinski definition) is 0. The van der Waals surface area contributed by atoms with Gasteiger partial charge >= 0.3 is 0 Å². The minimum absolute atomic E-state index is 0.154. The molecule has 0 unspecified atom stereocenters. The summed E-state index contributed by atoms with van der Waals surface area (Å²) >= 11 is 8.68. The first kappa shape index (κ1) is 16.5. The summed E-state index contributed by atoms with van der Waals surface area (Å²) in [5, 5.41) is 1.03. The minimum Gasteiger partial charge on any atom is -0.241 e. The van der Waals surface area contributed by atoms with E-state index in [1.54, 1.807) is 27.8 Å². The van der Waals surface area contributed by atoms with Gasteiger partial charge in [0, 0.05) is 19.0 Å². The fraction of sp³-hybridized carbons (Fsp3) is 0.312. The van der Waals surface area contributed by atoms with Gasteiger partial charge in [0.15, 0.2) is 0 Å². The molecule has 0 aliphatic carbocycles. The van der Waals surface area contributed by atoms with Crippen LogP contribution in [0.2, 0.25) is 4.34 Å². The molecule has 1 aliphatic heterocycles. The Bertz CT molecular complexity index is 947. The van der Waals surface area contributed by atoms with Gasteiger partial charge in [-0.3, -0.25) is 0 Å². The average molecular weight is 399 g/mol. The van der Waals surface area contributed by atoms with Gasteiger partial charge in [-0.25, -0.2) is 13.4 Å². The largest absolute Gasteiger partial charge is 0.252 e. The number of hydrogen-bond acceptors (Lipinski definition) is 5. The van der Waals surface area contributed by atoms with E-state index in [1.807, 2.05) is 18.2 Å². The van der Waals surface area contributed by atoms with Crippen LogP contribution in [0.1, 0.15) is 23.8 Å². The third kappa shape index (κ3) is 2.99. The van der Waals surface area contributed by atoms with E-state index in [-0.39, 0.29) is 5.92 Å². The van der Waals surface area contributed by atoms with E-state index in [0.29, 0.717) is 21.6 Å². The molecule has 0 radical (unpaired) electrons. The third-order valence-electron chi connectivity index (χ3n) is 4.19. The molecule has 0 saturated carbocycles. The highest BCUT2D eigenvalue weighted by molar-refractivity contribution is 7.91. The number of halogens is 1. The van der Waals surface area contributed by atoms with Crippen LogP contribution in [0.3, 0.4) is 0 Å². The molecule has 1 atom stereocenters. The van der Waals surface area contributed by atoms with Crippen molar-refractivity contribution in [3.63, 3.8) is 0 Å². The molecule has 0 amide bonds. The SMILES string of the molecule is O=S(=O)(c1ccc(Cl)s1)N1CCC[C@H](c2nc3ccccc3s2)C1. The number of benzene rings is 1. The molecule has 0 N–H and O–H groups in total. The maximum Gasteiger partial charge on any atom is 0.252 e. The quantitative estimate of drug-likeness (QED) is 0.648. The predicted molar refractivity (Wildman–Crippen MR) is 99.7 cm³/mol. The fourth-order valence-corrected chi connectivity index (χ4v) is 7.24. The van der Waals surface area contributed by atoms with E-state index >= 15 is 0 Å². The molecular weight excluding hydrogens is 384 g/mol. The molecule has 4 rings (SSSR count). The summed E-state index contributed by atoms with van der Waals surface area (Å²) in [7, 11) is -3.47. The number of nitrogens with zero attached hydrogens (tertiary/aromatic N) is 2. The maximum absolute atomic E-state index is 12.8. The van der Waals surface area contributed by atoms with E-state index in [9.17, 15) is 8.42 Å². The summed E-state index contributed by atoms with van der Waals surface area (Å²) in [5.74, 6) is 0.154. The Morgan fingerprint density at radius 3 is 2.75 bits per heavy atom. The van der Waals surface area contributed by atoms with Crippen molar-refractivity contribution in [1.82, 2.24) is 9.29 Å². The molecule has 3 heterocycles. The van der Waals surface area contributed by atoms with Crippen molar-refractivity contribution >= 4 is 54.5 Å². The second-order valence-electron chi connectivity index (χ2n) is 5.78. The zero-order chi connectivity index (χ0) is 16.7. The van der Waals surface area contributed by atoms with Crippen LogP contribution in [-0.2, 0) is 10.0 Å². The standard InChI is InChI=1S/C16H15ClN2O2S3/c17-14-7-8-15(23-14)24(20,21)19-9-3-4-11(10-19)16-18-12-5-1-2-6-13(12)22-16/h1-2,5-8,11H,3-4,9-10H2/t11-/m0/s1. The Morgan fingerprint density at radius 2 is 2.00 bits per heavy atom. The van der Waals surface area contributed by atoms with E-state index < -0.39 is 10.0 Å². The van der Waals surface area contributed by atoms with Crippen molar-refractivity contribution in [3.8, 4) is 0 Å². The van der Waals surface area contributed by atoms with Crippen molar-refractivity contribution in [3.05, 3.63) is 45.7 Å². The molecule has 126 valence electrons. The average Bonchev–Trinajstić information content (AvgIpc) is 3.21. The Morgan fingerprint density at radius 1 is 1.17 bits per heavy atom. The molecule has 0 spiro atoms. The van der Waals surface area contributed by atoms with Crippen LogP contribution in [0, 0.1) is 0 Å². The Balaban J connectivity index is 1.61. The Kier molecular flexibility index (Phi) is 4.38. The molecule has 1 aromatic carbocycles. The normalized spacial score (nSPS) is 19.8. The lowest BCUT2D eigenvalue weighted by molar-refractivity contribution is 0.316. The van der Waals surface area contributed by atoms with Crippen LogP contribution >= 0.6 is 34.3 Å². The predicted octanol–water partition coefficient (Wildman–Crippen LogP) is 4.58. The molecule has 24 heavy (non-hydrogen) atoms. The van der Waals surface area contributed by atoms with Gasteiger partial charge in [0.2, 0.25) is 0 Å². The van der Waals surface area contributed by atoms with Crippen molar-refractivity contribution in [2.75, 3.05) is 13.1 Å². The monoisotopic (exact) mass is 398 g/mol. The van der Waals surface area contributed by atoms with Gasteiger partial charge in [-0.15, -0.1) is 22.7 Å². The Labute approximate surface area is 153 Å². The second-order valence-corrected chi connectivity index (χ2v) is 10.7. The molecule has 4 nitrogen and oxygen atoms in total. The molecule has 0 bridgehead atoms. The maximum atomic E-state index is 12.8. The topological polar surface area (TPSA) is 50.3 Å². The first-order chi connectivity index (χ1) is 11.5. The number of para-hydroxylation sites is 1. The van der Waals surface area contributed by atoms with E-state index in [4.69, 9.17) is 16.6 Å². The second kappa shape index (κ2) is 6.38. The first-order valence-corrected chi connectivity index (χ1v) is 11.1. The minimum atomic E-state index is -3.47. The van der Waals surface area contributed by atoms with Crippen LogP contribution in [0.25, 0.3) is 10.2 Å². The summed E-state index contributed by atoms with van der Waals surface area (Å²) in [6.07, 6.45) is 1.82. The van der Waals surface area contributed by atoms with Gasteiger partial charge in [0.05, 0.1) is 19.6 Å². The summed E-state index contributed by atoms with van der Waals surface area (Å²) in [4.78, 5) is 4.71. The number of piperidine rings is 1. The first-order valence-electron chi connectivity index (χ1n) is 7.65. The number of fused-ring (bicyclic) bond motifs is 1. The molecule has 1 saturated heterocycles. The lowest BCUT2D eigenvalue weighted by atomic mass is 10.0. The van der Waals surface area contributed by atoms with Crippen molar-refractivity contribution in [2.45, 2.75) is 23.0 Å². The van der Waals surface area contributed by atoms with Crippen molar-refractivity contribution < 1.29 is 8.42 Å². The number of sulfonamides is 1. The highest BCUT2D eigenvalue weighted by Gasteiger charge is 2.33. The zero-order valence-electron chi connectivity index (χ0n) is 12.7. The lowest BCUT2D eigenvalue weighted by Crippen LogP contribution is -2.38. The van der Waals surface area contributed by atoms with Gasteiger partial charge in [0.25, 0.3) is 10.0 Å². The molecule has 8 heteroatoms. The van der Waals surface area contributed by atoms with Crippen molar-refractivity contribution in [2.24, 2.45) is 0 Å². The summed E-state index contributed by atoms with van der Waals surface area (Å²) < 4.78 is 29.2. The van der Waals surface area contributed by atoms with Crippen LogP contribution in [0.4, 0.5) is 0 Å². The number of aromatic nitrogens is 1. The summed E-state index contributed by atoms with van der Waals surface area (Å²) in [6.45, 7) is 1.04. The number of thiophene rings is 1. The summed E-state index contributed by atoms with van der Waals surface area (Å²) in [6, 6.07) is 11.3. The summed E-state index contributed by atoms with van der Waals surface area (Å²) in [5.41, 5.74) is 0.988. The molecule has 1 aliphatic rings. The Hall–Kier alpha value is -0.990. The van der Waals surface area contributed by atoms with Crippen LogP contribution in [0.5, 0.6) is 0 Å². The zero-order valence-corrected chi connectivity index (χ0v) is 15.9. The van der Waals surface area contributed by atoms with Crippen molar-refractivity contribution in [1.29, 1.82) is 0 Å².